The zero-order valence-electron chi connectivity index (χ0n) is 11.2. The van der Waals surface area contributed by atoms with Gasteiger partial charge in [0.15, 0.2) is 11.6 Å². The third-order valence-corrected chi connectivity index (χ3v) is 4.14. The first-order chi connectivity index (χ1) is 9.13. The van der Waals surface area contributed by atoms with Crippen molar-refractivity contribution in [3.63, 3.8) is 0 Å². The lowest BCUT2D eigenvalue weighted by Crippen LogP contribution is -2.25. The van der Waals surface area contributed by atoms with Gasteiger partial charge in [0.25, 0.3) is 0 Å². The normalized spacial score (nSPS) is 22.0. The van der Waals surface area contributed by atoms with Gasteiger partial charge in [0.05, 0.1) is 0 Å². The molecule has 1 atom stereocenters. The highest BCUT2D eigenvalue weighted by Gasteiger charge is 2.34. The van der Waals surface area contributed by atoms with E-state index in [2.05, 4.69) is 13.8 Å². The zero-order chi connectivity index (χ0) is 13.6. The summed E-state index contributed by atoms with van der Waals surface area (Å²) in [4.78, 5) is 25.0. The van der Waals surface area contributed by atoms with Crippen LogP contribution >= 0.6 is 0 Å². The molecule has 0 saturated heterocycles. The molecular formula is C17H16O2. The molecule has 2 aliphatic carbocycles. The Morgan fingerprint density at radius 3 is 2.37 bits per heavy atom. The molecule has 1 aromatic carbocycles. The number of hydrogen-bond acceptors (Lipinski definition) is 2. The second kappa shape index (κ2) is 4.30. The van der Waals surface area contributed by atoms with Crippen LogP contribution in [0.5, 0.6) is 0 Å². The summed E-state index contributed by atoms with van der Waals surface area (Å²) in [5, 5.41) is 0. The summed E-state index contributed by atoms with van der Waals surface area (Å²) in [7, 11) is 0. The van der Waals surface area contributed by atoms with Crippen molar-refractivity contribution in [1.82, 2.24) is 0 Å². The summed E-state index contributed by atoms with van der Waals surface area (Å²) in [6.07, 6.45) is 3.56. The van der Waals surface area contributed by atoms with Gasteiger partial charge in [-0.05, 0) is 18.8 Å². The van der Waals surface area contributed by atoms with Crippen molar-refractivity contribution >= 4 is 11.6 Å². The van der Waals surface area contributed by atoms with E-state index in [4.69, 9.17) is 0 Å². The van der Waals surface area contributed by atoms with E-state index < -0.39 is 0 Å². The molecule has 0 heterocycles. The van der Waals surface area contributed by atoms with E-state index in [1.54, 1.807) is 12.1 Å². The van der Waals surface area contributed by atoms with Crippen molar-refractivity contribution in [2.24, 2.45) is 5.92 Å². The molecule has 1 aromatic rings. The minimum absolute atomic E-state index is 0.00282. The summed E-state index contributed by atoms with van der Waals surface area (Å²) in [5.41, 5.74) is 3.70. The summed E-state index contributed by atoms with van der Waals surface area (Å²) >= 11 is 0. The third-order valence-electron chi connectivity index (χ3n) is 4.14. The predicted octanol–water partition coefficient (Wildman–Crippen LogP) is 3.74. The minimum Gasteiger partial charge on any atom is -0.289 e. The molecule has 0 spiro atoms. The van der Waals surface area contributed by atoms with Gasteiger partial charge in [-0.2, -0.15) is 0 Å². The van der Waals surface area contributed by atoms with E-state index in [9.17, 15) is 9.59 Å². The summed E-state index contributed by atoms with van der Waals surface area (Å²) in [6.45, 7) is 4.22. The topological polar surface area (TPSA) is 34.1 Å². The number of allylic oxidation sites excluding steroid dienone is 4. The second-order valence-electron chi connectivity index (χ2n) is 5.27. The van der Waals surface area contributed by atoms with Crippen LogP contribution in [0.25, 0.3) is 0 Å². The van der Waals surface area contributed by atoms with Crippen LogP contribution in [0.4, 0.5) is 0 Å². The Kier molecular flexibility index (Phi) is 2.74. The van der Waals surface area contributed by atoms with Gasteiger partial charge in [0, 0.05) is 22.3 Å². The maximum Gasteiger partial charge on any atom is 0.194 e. The molecule has 2 aliphatic rings. The van der Waals surface area contributed by atoms with Gasteiger partial charge in [-0.15, -0.1) is 0 Å². The summed E-state index contributed by atoms with van der Waals surface area (Å²) in [5.74, 6) is 0.386. The molecule has 0 radical (unpaired) electrons. The predicted molar refractivity (Wildman–Crippen MR) is 74.3 cm³/mol. The first-order valence-electron chi connectivity index (χ1n) is 6.75. The fourth-order valence-electron chi connectivity index (χ4n) is 3.02. The number of ketones is 2. The molecule has 1 unspecified atom stereocenters. The molecule has 19 heavy (non-hydrogen) atoms. The zero-order valence-corrected chi connectivity index (χ0v) is 11.2. The fourth-order valence-corrected chi connectivity index (χ4v) is 3.02. The Balaban J connectivity index is 2.19. The van der Waals surface area contributed by atoms with E-state index in [0.29, 0.717) is 34.6 Å². The molecule has 0 amide bonds. The van der Waals surface area contributed by atoms with Crippen LogP contribution in [-0.2, 0) is 0 Å². The number of fused-ring (bicyclic) bond motifs is 1. The van der Waals surface area contributed by atoms with Crippen molar-refractivity contribution < 1.29 is 9.59 Å². The first-order valence-corrected chi connectivity index (χ1v) is 6.75. The lowest BCUT2D eigenvalue weighted by Gasteiger charge is -2.27. The lowest BCUT2D eigenvalue weighted by atomic mass is 9.74. The Morgan fingerprint density at radius 1 is 1.11 bits per heavy atom. The Morgan fingerprint density at radius 2 is 1.74 bits per heavy atom. The van der Waals surface area contributed by atoms with Crippen LogP contribution in [0.2, 0.25) is 0 Å². The third kappa shape index (κ3) is 1.71. The Hall–Kier alpha value is -1.96. The molecular weight excluding hydrogens is 236 g/mol. The van der Waals surface area contributed by atoms with Gasteiger partial charge in [-0.1, -0.05) is 49.8 Å². The van der Waals surface area contributed by atoms with E-state index in [0.717, 1.165) is 6.42 Å². The van der Waals surface area contributed by atoms with Gasteiger partial charge in [0.2, 0.25) is 0 Å². The molecule has 0 aliphatic heterocycles. The molecule has 2 nitrogen and oxygen atoms in total. The van der Waals surface area contributed by atoms with E-state index in [1.165, 1.54) is 5.57 Å². The molecule has 2 heteroatoms. The molecule has 0 saturated carbocycles. The van der Waals surface area contributed by atoms with Crippen molar-refractivity contribution in [2.45, 2.75) is 26.7 Å². The second-order valence-corrected chi connectivity index (χ2v) is 5.27. The van der Waals surface area contributed by atoms with Crippen molar-refractivity contribution in [3.8, 4) is 0 Å². The van der Waals surface area contributed by atoms with Crippen molar-refractivity contribution in [3.05, 3.63) is 58.2 Å². The number of carbonyl (C=O) groups is 2. The van der Waals surface area contributed by atoms with Crippen LogP contribution in [0.15, 0.2) is 47.1 Å². The minimum atomic E-state index is 0.00282. The average Bonchev–Trinajstić information content (AvgIpc) is 2.44. The van der Waals surface area contributed by atoms with Gasteiger partial charge < -0.3 is 0 Å². The van der Waals surface area contributed by atoms with Gasteiger partial charge >= 0.3 is 0 Å². The molecule has 96 valence electrons. The molecule has 0 N–H and O–H groups in total. The number of hydrogen-bond donors (Lipinski definition) is 0. The van der Waals surface area contributed by atoms with E-state index in [1.807, 2.05) is 18.2 Å². The van der Waals surface area contributed by atoms with Crippen LogP contribution < -0.4 is 0 Å². The monoisotopic (exact) mass is 252 g/mol. The molecule has 0 bridgehead atoms. The summed E-state index contributed by atoms with van der Waals surface area (Å²) < 4.78 is 0. The number of Topliss-reactive ketones (excluding diaryl/α,β-unsaturated/α-hetero) is 2. The number of rotatable bonds is 1. The van der Waals surface area contributed by atoms with Crippen LogP contribution in [-0.4, -0.2) is 11.6 Å². The maximum atomic E-state index is 12.5. The average molecular weight is 252 g/mol. The smallest absolute Gasteiger partial charge is 0.194 e. The van der Waals surface area contributed by atoms with Gasteiger partial charge in [-0.3, -0.25) is 9.59 Å². The maximum absolute atomic E-state index is 12.5. The molecule has 0 fully saturated rings. The molecule has 0 aromatic heterocycles. The van der Waals surface area contributed by atoms with Gasteiger partial charge in [-0.25, -0.2) is 0 Å². The van der Waals surface area contributed by atoms with Crippen LogP contribution in [0.1, 0.15) is 47.4 Å². The highest BCUT2D eigenvalue weighted by atomic mass is 16.1. The van der Waals surface area contributed by atoms with E-state index >= 15 is 0 Å². The standard InChI is InChI=1S/C17H16O2/c1-3-11-9-15-14(8-10(11)2)16(18)12-6-4-5-7-13(12)17(15)19/h4-7,9-10H,3,8H2,1-2H3. The Labute approximate surface area is 112 Å². The largest absolute Gasteiger partial charge is 0.289 e. The molecule has 3 rings (SSSR count). The van der Waals surface area contributed by atoms with E-state index in [-0.39, 0.29) is 11.6 Å². The quantitative estimate of drug-likeness (QED) is 0.763. The Bertz CT molecular complexity index is 647. The SMILES string of the molecule is CCC1=CC2=C(CC1C)C(=O)c1ccccc1C2=O. The number of benzene rings is 1. The van der Waals surface area contributed by atoms with Crippen LogP contribution in [0.3, 0.4) is 0 Å². The van der Waals surface area contributed by atoms with Crippen molar-refractivity contribution in [1.29, 1.82) is 0 Å². The van der Waals surface area contributed by atoms with Crippen molar-refractivity contribution in [2.75, 3.05) is 0 Å². The first kappa shape index (κ1) is 12.1. The fraction of sp³-hybridized carbons (Fsp3) is 0.294. The summed E-state index contributed by atoms with van der Waals surface area (Å²) in [6, 6.07) is 7.13. The lowest BCUT2D eigenvalue weighted by molar-refractivity contribution is 0.0971. The van der Waals surface area contributed by atoms with Crippen LogP contribution in [0, 0.1) is 5.92 Å². The highest BCUT2D eigenvalue weighted by Crippen LogP contribution is 2.37. The number of carbonyl (C=O) groups excluding carboxylic acids is 2. The highest BCUT2D eigenvalue weighted by molar-refractivity contribution is 6.28. The van der Waals surface area contributed by atoms with Gasteiger partial charge in [0.1, 0.15) is 0 Å².